The van der Waals surface area contributed by atoms with Gasteiger partial charge in [-0.3, -0.25) is 4.79 Å². The monoisotopic (exact) mass is 344 g/mol. The van der Waals surface area contributed by atoms with Crippen LogP contribution in [0.2, 0.25) is 0 Å². The number of nitrogens with two attached hydrogens (primary N) is 1. The van der Waals surface area contributed by atoms with E-state index in [2.05, 4.69) is 11.2 Å². The molecule has 0 bridgehead atoms. The van der Waals surface area contributed by atoms with Crippen LogP contribution in [0.15, 0.2) is 54.6 Å². The van der Waals surface area contributed by atoms with E-state index in [0.717, 1.165) is 28.2 Å². The molecule has 0 aliphatic heterocycles. The maximum absolute atomic E-state index is 12.2. The number of aromatic nitrogens is 2. The Morgan fingerprint density at radius 1 is 1.15 bits per heavy atom. The summed E-state index contributed by atoms with van der Waals surface area (Å²) >= 11 is 0. The molecule has 0 fully saturated rings. The predicted octanol–water partition coefficient (Wildman–Crippen LogP) is 3.17. The molecule has 130 valence electrons. The summed E-state index contributed by atoms with van der Waals surface area (Å²) in [6, 6.07) is 19.1. The molecule has 1 atom stereocenters. The van der Waals surface area contributed by atoms with Gasteiger partial charge in [0.2, 0.25) is 5.91 Å². The third kappa shape index (κ3) is 3.35. The average Bonchev–Trinajstić information content (AvgIpc) is 2.95. The fraction of sp³-hybridized carbons (Fsp3) is 0.190. The number of aryl methyl sites for hydroxylation is 1. The zero-order chi connectivity index (χ0) is 18.7. The van der Waals surface area contributed by atoms with Gasteiger partial charge in [-0.25, -0.2) is 4.68 Å². The number of nitriles is 1. The number of carbonyl (C=O) groups excluding carboxylic acids is 1. The highest BCUT2D eigenvalue weighted by atomic mass is 16.1. The van der Waals surface area contributed by atoms with Crippen LogP contribution >= 0.6 is 0 Å². The lowest BCUT2D eigenvalue weighted by Crippen LogP contribution is -2.24. The van der Waals surface area contributed by atoms with E-state index < -0.39 is 5.92 Å². The molecule has 0 aliphatic rings. The van der Waals surface area contributed by atoms with Crippen LogP contribution in [0.25, 0.3) is 5.69 Å². The van der Waals surface area contributed by atoms with Crippen LogP contribution in [0, 0.1) is 25.2 Å². The van der Waals surface area contributed by atoms with Gasteiger partial charge >= 0.3 is 0 Å². The fourth-order valence-electron chi connectivity index (χ4n) is 3.28. The average molecular weight is 344 g/mol. The van der Waals surface area contributed by atoms with Gasteiger partial charge in [-0.1, -0.05) is 30.3 Å². The molecular formula is C21H20N4O. The van der Waals surface area contributed by atoms with E-state index in [-0.39, 0.29) is 5.91 Å². The molecule has 5 nitrogen and oxygen atoms in total. The molecule has 0 aliphatic carbocycles. The van der Waals surface area contributed by atoms with E-state index in [1.165, 1.54) is 0 Å². The van der Waals surface area contributed by atoms with Crippen molar-refractivity contribution < 1.29 is 4.79 Å². The number of hydrogen-bond acceptors (Lipinski definition) is 3. The zero-order valence-electron chi connectivity index (χ0n) is 14.8. The summed E-state index contributed by atoms with van der Waals surface area (Å²) in [7, 11) is 0. The first-order valence-corrected chi connectivity index (χ1v) is 8.41. The van der Waals surface area contributed by atoms with Crippen LogP contribution in [-0.2, 0) is 11.2 Å². The zero-order valence-corrected chi connectivity index (χ0v) is 14.8. The smallest absolute Gasteiger partial charge is 0.225 e. The Bertz CT molecular complexity index is 966. The summed E-state index contributed by atoms with van der Waals surface area (Å²) < 4.78 is 1.85. The lowest BCUT2D eigenvalue weighted by atomic mass is 9.89. The molecular weight excluding hydrogens is 324 g/mol. The van der Waals surface area contributed by atoms with Crippen LogP contribution in [0.5, 0.6) is 0 Å². The van der Waals surface area contributed by atoms with E-state index in [1.807, 2.05) is 61.0 Å². The summed E-state index contributed by atoms with van der Waals surface area (Å²) in [5.74, 6) is -0.853. The lowest BCUT2D eigenvalue weighted by Gasteiger charge is -2.15. The second-order valence-corrected chi connectivity index (χ2v) is 6.30. The minimum absolute atomic E-state index is 0.381. The van der Waals surface area contributed by atoms with Crippen LogP contribution in [0.1, 0.15) is 34.0 Å². The highest BCUT2D eigenvalue weighted by Gasteiger charge is 2.26. The summed E-state index contributed by atoms with van der Waals surface area (Å²) in [6.45, 7) is 3.85. The number of nitrogens with zero attached hydrogens (tertiary/aromatic N) is 3. The Morgan fingerprint density at radius 2 is 1.81 bits per heavy atom. The van der Waals surface area contributed by atoms with Gasteiger partial charge in [0, 0.05) is 11.3 Å². The topological polar surface area (TPSA) is 84.7 Å². The third-order valence-electron chi connectivity index (χ3n) is 4.56. The van der Waals surface area contributed by atoms with Crippen LogP contribution in [-0.4, -0.2) is 15.7 Å². The highest BCUT2D eigenvalue weighted by Crippen LogP contribution is 2.28. The third-order valence-corrected chi connectivity index (χ3v) is 4.56. The molecule has 3 aromatic rings. The molecule has 5 heteroatoms. The minimum Gasteiger partial charge on any atom is -0.369 e. The summed E-state index contributed by atoms with van der Waals surface area (Å²) in [5.41, 5.74) is 10.8. The minimum atomic E-state index is -0.472. The number of amides is 1. The second-order valence-electron chi connectivity index (χ2n) is 6.30. The second kappa shape index (κ2) is 7.24. The van der Waals surface area contributed by atoms with Gasteiger partial charge in [0.15, 0.2) is 0 Å². The van der Waals surface area contributed by atoms with Crippen molar-refractivity contribution in [2.45, 2.75) is 26.2 Å². The van der Waals surface area contributed by atoms with Crippen molar-refractivity contribution in [2.24, 2.45) is 5.73 Å². The molecule has 0 spiro atoms. The Balaban J connectivity index is 1.99. The molecule has 0 saturated heterocycles. The first kappa shape index (κ1) is 17.4. The van der Waals surface area contributed by atoms with Crippen molar-refractivity contribution >= 4 is 5.91 Å². The first-order valence-electron chi connectivity index (χ1n) is 8.41. The summed E-state index contributed by atoms with van der Waals surface area (Å²) in [4.78, 5) is 12.2. The van der Waals surface area contributed by atoms with E-state index in [4.69, 9.17) is 11.0 Å². The van der Waals surface area contributed by atoms with Crippen molar-refractivity contribution in [2.75, 3.05) is 0 Å². The Hall–Kier alpha value is -3.39. The quantitative estimate of drug-likeness (QED) is 0.771. The molecule has 2 N–H and O–H groups in total. The maximum Gasteiger partial charge on any atom is 0.225 e. The number of hydrogen-bond donors (Lipinski definition) is 1. The molecule has 0 radical (unpaired) electrons. The molecule has 26 heavy (non-hydrogen) atoms. The lowest BCUT2D eigenvalue weighted by molar-refractivity contribution is -0.119. The van der Waals surface area contributed by atoms with Gasteiger partial charge in [-0.15, -0.1) is 0 Å². The van der Waals surface area contributed by atoms with Crippen molar-refractivity contribution in [3.05, 3.63) is 82.7 Å². The largest absolute Gasteiger partial charge is 0.369 e. The Morgan fingerprint density at radius 3 is 2.38 bits per heavy atom. The fourth-order valence-corrected chi connectivity index (χ4v) is 3.28. The van der Waals surface area contributed by atoms with Gasteiger partial charge in [-0.05, 0) is 50.1 Å². The van der Waals surface area contributed by atoms with E-state index in [1.54, 1.807) is 12.1 Å². The van der Waals surface area contributed by atoms with Gasteiger partial charge in [0.1, 0.15) is 0 Å². The molecule has 1 heterocycles. The van der Waals surface area contributed by atoms with Gasteiger partial charge in [0.05, 0.1) is 28.9 Å². The SMILES string of the molecule is Cc1nn(-c2ccccc2)c(C)c1C(Cc1ccc(C#N)cc1)C(N)=O. The number of carbonyl (C=O) groups is 1. The Labute approximate surface area is 152 Å². The number of benzene rings is 2. The normalized spacial score (nSPS) is 11.7. The van der Waals surface area contributed by atoms with Crippen molar-refractivity contribution in [1.82, 2.24) is 9.78 Å². The van der Waals surface area contributed by atoms with Gasteiger partial charge in [0.25, 0.3) is 0 Å². The molecule has 1 aromatic heterocycles. The Kier molecular flexibility index (Phi) is 4.85. The van der Waals surface area contributed by atoms with E-state index in [9.17, 15) is 4.79 Å². The highest BCUT2D eigenvalue weighted by molar-refractivity contribution is 5.83. The van der Waals surface area contributed by atoms with Crippen LogP contribution in [0.3, 0.4) is 0 Å². The maximum atomic E-state index is 12.2. The number of para-hydroxylation sites is 1. The van der Waals surface area contributed by atoms with E-state index in [0.29, 0.717) is 12.0 Å². The van der Waals surface area contributed by atoms with Gasteiger partial charge in [-0.2, -0.15) is 10.4 Å². The van der Waals surface area contributed by atoms with Crippen molar-refractivity contribution in [3.63, 3.8) is 0 Å². The molecule has 2 aromatic carbocycles. The summed E-state index contributed by atoms with van der Waals surface area (Å²) in [6.07, 6.45) is 0.475. The molecule has 1 unspecified atom stereocenters. The number of rotatable bonds is 5. The molecule has 3 rings (SSSR count). The predicted molar refractivity (Wildman–Crippen MR) is 99.8 cm³/mol. The first-order chi connectivity index (χ1) is 12.5. The van der Waals surface area contributed by atoms with Crippen molar-refractivity contribution in [1.29, 1.82) is 5.26 Å². The van der Waals surface area contributed by atoms with Crippen LogP contribution in [0.4, 0.5) is 0 Å². The standard InChI is InChI=1S/C21H20N4O/c1-14-20(15(2)25(24-14)18-6-4-3-5-7-18)19(21(23)26)12-16-8-10-17(13-22)11-9-16/h3-11,19H,12H2,1-2H3,(H2,23,26). The molecule has 0 saturated carbocycles. The summed E-state index contributed by atoms with van der Waals surface area (Å²) in [5, 5.41) is 13.5. The van der Waals surface area contributed by atoms with Gasteiger partial charge < -0.3 is 5.73 Å². The van der Waals surface area contributed by atoms with Crippen LogP contribution < -0.4 is 5.73 Å². The molecule has 1 amide bonds. The van der Waals surface area contributed by atoms with Crippen molar-refractivity contribution in [3.8, 4) is 11.8 Å². The number of primary amides is 1. The van der Waals surface area contributed by atoms with E-state index >= 15 is 0 Å².